The topological polar surface area (TPSA) is 29.5 Å². The third-order valence-electron chi connectivity index (χ3n) is 3.83. The van der Waals surface area contributed by atoms with E-state index in [9.17, 15) is 4.79 Å². The van der Waals surface area contributed by atoms with Crippen LogP contribution in [0.25, 0.3) is 0 Å². The van der Waals surface area contributed by atoms with Crippen molar-refractivity contribution < 1.29 is 9.53 Å². The summed E-state index contributed by atoms with van der Waals surface area (Å²) in [5.74, 6) is 0.875. The zero-order chi connectivity index (χ0) is 16.1. The van der Waals surface area contributed by atoms with Gasteiger partial charge < -0.3 is 9.64 Å². The Morgan fingerprint density at radius 1 is 0.955 bits per heavy atom. The second-order valence-corrected chi connectivity index (χ2v) is 5.62. The summed E-state index contributed by atoms with van der Waals surface area (Å²) in [6.45, 7) is 6.14. The summed E-state index contributed by atoms with van der Waals surface area (Å²) in [7, 11) is 1.65. The minimum Gasteiger partial charge on any atom is -0.497 e. The number of hydrogen-bond donors (Lipinski definition) is 0. The lowest BCUT2D eigenvalue weighted by atomic mass is 10.0. The Bertz CT molecular complexity index is 605. The maximum absolute atomic E-state index is 12.8. The monoisotopic (exact) mass is 297 g/mol. The minimum atomic E-state index is -0.00128. The highest BCUT2D eigenvalue weighted by Crippen LogP contribution is 2.26. The minimum absolute atomic E-state index is 0.00128. The molecular formula is C19H23NO2. The number of benzene rings is 2. The van der Waals surface area contributed by atoms with E-state index in [0.29, 0.717) is 0 Å². The van der Waals surface area contributed by atoms with E-state index in [4.69, 9.17) is 4.74 Å². The zero-order valence-electron chi connectivity index (χ0n) is 13.6. The smallest absolute Gasteiger partial charge is 0.254 e. The number of amides is 1. The first-order valence-electron chi connectivity index (χ1n) is 7.56. The summed E-state index contributed by atoms with van der Waals surface area (Å²) < 4.78 is 5.19. The van der Waals surface area contributed by atoms with Crippen LogP contribution in [0.5, 0.6) is 5.75 Å². The molecule has 2 aromatic carbocycles. The van der Waals surface area contributed by atoms with Crippen LogP contribution in [0.15, 0.2) is 54.6 Å². The molecule has 2 aromatic rings. The molecule has 0 aliphatic heterocycles. The van der Waals surface area contributed by atoms with E-state index in [1.165, 1.54) is 0 Å². The summed E-state index contributed by atoms with van der Waals surface area (Å²) in [6, 6.07) is 17.4. The van der Waals surface area contributed by atoms with E-state index in [2.05, 4.69) is 6.92 Å². The number of hydrogen-bond acceptors (Lipinski definition) is 2. The molecule has 0 heterocycles. The number of carbonyl (C=O) groups is 1. The van der Waals surface area contributed by atoms with Crippen LogP contribution in [0.2, 0.25) is 0 Å². The fourth-order valence-electron chi connectivity index (χ4n) is 2.63. The van der Waals surface area contributed by atoms with Gasteiger partial charge in [-0.2, -0.15) is 0 Å². The van der Waals surface area contributed by atoms with Crippen LogP contribution in [0, 0.1) is 0 Å². The van der Waals surface area contributed by atoms with Gasteiger partial charge >= 0.3 is 0 Å². The van der Waals surface area contributed by atoms with Crippen molar-refractivity contribution in [2.45, 2.75) is 32.9 Å². The Morgan fingerprint density at radius 2 is 1.55 bits per heavy atom. The molecule has 0 radical (unpaired) electrons. The van der Waals surface area contributed by atoms with E-state index in [1.807, 2.05) is 73.3 Å². The summed E-state index contributed by atoms with van der Waals surface area (Å²) in [4.78, 5) is 14.7. The van der Waals surface area contributed by atoms with E-state index >= 15 is 0 Å². The van der Waals surface area contributed by atoms with Gasteiger partial charge in [-0.15, -0.1) is 0 Å². The van der Waals surface area contributed by atoms with E-state index in [1.54, 1.807) is 7.11 Å². The van der Waals surface area contributed by atoms with Gasteiger partial charge in [0.25, 0.3) is 5.91 Å². The van der Waals surface area contributed by atoms with Crippen molar-refractivity contribution in [3.8, 4) is 5.75 Å². The summed E-state index contributed by atoms with van der Waals surface area (Å²) in [5, 5.41) is 0. The van der Waals surface area contributed by atoms with Crippen LogP contribution in [0.1, 0.15) is 42.7 Å². The van der Waals surface area contributed by atoms with E-state index < -0.39 is 0 Å². The normalized spacial score (nSPS) is 12.0. The van der Waals surface area contributed by atoms with Gasteiger partial charge in [-0.3, -0.25) is 4.79 Å². The fraction of sp³-hybridized carbons (Fsp3) is 0.316. The Balaban J connectivity index is 2.28. The van der Waals surface area contributed by atoms with Crippen molar-refractivity contribution in [2.75, 3.05) is 7.11 Å². The second-order valence-electron chi connectivity index (χ2n) is 5.62. The van der Waals surface area contributed by atoms with Crippen molar-refractivity contribution in [3.63, 3.8) is 0 Å². The van der Waals surface area contributed by atoms with Gasteiger partial charge in [0, 0.05) is 11.6 Å². The predicted molar refractivity (Wildman–Crippen MR) is 89.2 cm³/mol. The predicted octanol–water partition coefficient (Wildman–Crippen LogP) is 4.31. The average molecular weight is 297 g/mol. The Kier molecular flexibility index (Phi) is 5.21. The fourth-order valence-corrected chi connectivity index (χ4v) is 2.63. The van der Waals surface area contributed by atoms with Crippen LogP contribution < -0.4 is 4.74 Å². The highest BCUT2D eigenvalue weighted by Gasteiger charge is 2.25. The third-order valence-corrected chi connectivity index (χ3v) is 3.83. The van der Waals surface area contributed by atoms with Gasteiger partial charge in [-0.05, 0) is 50.6 Å². The first-order chi connectivity index (χ1) is 10.5. The van der Waals surface area contributed by atoms with Crippen molar-refractivity contribution in [3.05, 3.63) is 65.7 Å². The van der Waals surface area contributed by atoms with E-state index in [-0.39, 0.29) is 18.0 Å². The molecule has 0 aromatic heterocycles. The molecule has 1 unspecified atom stereocenters. The molecule has 0 aliphatic carbocycles. The zero-order valence-corrected chi connectivity index (χ0v) is 13.6. The molecule has 116 valence electrons. The molecule has 1 amide bonds. The lowest BCUT2D eigenvalue weighted by molar-refractivity contribution is 0.0624. The van der Waals surface area contributed by atoms with Crippen molar-refractivity contribution in [1.82, 2.24) is 4.90 Å². The van der Waals surface area contributed by atoms with Gasteiger partial charge in [0.2, 0.25) is 0 Å². The molecule has 1 atom stereocenters. The number of ether oxygens (including phenoxy) is 1. The largest absolute Gasteiger partial charge is 0.497 e. The molecule has 3 heteroatoms. The summed E-state index contributed by atoms with van der Waals surface area (Å²) >= 11 is 0. The van der Waals surface area contributed by atoms with Crippen molar-refractivity contribution >= 4 is 5.91 Å². The SMILES string of the molecule is COc1ccc(C(C)N(C(=O)c2ccccc2)C(C)C)cc1. The maximum Gasteiger partial charge on any atom is 0.254 e. The Hall–Kier alpha value is -2.29. The molecule has 0 saturated heterocycles. The number of carbonyl (C=O) groups excluding carboxylic acids is 1. The van der Waals surface area contributed by atoms with Gasteiger partial charge in [0.1, 0.15) is 5.75 Å². The molecule has 3 nitrogen and oxygen atoms in total. The Morgan fingerprint density at radius 3 is 2.05 bits per heavy atom. The molecule has 0 aliphatic rings. The first-order valence-corrected chi connectivity index (χ1v) is 7.56. The lowest BCUT2D eigenvalue weighted by Gasteiger charge is -2.33. The third kappa shape index (κ3) is 3.48. The molecule has 0 bridgehead atoms. The number of rotatable bonds is 5. The molecular weight excluding hydrogens is 274 g/mol. The molecule has 0 saturated carbocycles. The van der Waals surface area contributed by atoms with Crippen LogP contribution in [-0.2, 0) is 0 Å². The average Bonchev–Trinajstić information content (AvgIpc) is 2.55. The van der Waals surface area contributed by atoms with Crippen LogP contribution in [0.3, 0.4) is 0 Å². The van der Waals surface area contributed by atoms with Gasteiger partial charge in [0.15, 0.2) is 0 Å². The van der Waals surface area contributed by atoms with E-state index in [0.717, 1.165) is 16.9 Å². The number of nitrogens with zero attached hydrogens (tertiary/aromatic N) is 1. The first kappa shape index (κ1) is 16.1. The van der Waals surface area contributed by atoms with Gasteiger partial charge in [-0.25, -0.2) is 0 Å². The molecule has 22 heavy (non-hydrogen) atoms. The molecule has 0 spiro atoms. The van der Waals surface area contributed by atoms with Crippen molar-refractivity contribution in [1.29, 1.82) is 0 Å². The van der Waals surface area contributed by atoms with Gasteiger partial charge in [-0.1, -0.05) is 30.3 Å². The lowest BCUT2D eigenvalue weighted by Crippen LogP contribution is -2.39. The Labute approximate surface area is 132 Å². The molecule has 0 fully saturated rings. The maximum atomic E-state index is 12.8. The molecule has 2 rings (SSSR count). The van der Waals surface area contributed by atoms with Crippen LogP contribution in [-0.4, -0.2) is 24.0 Å². The number of methoxy groups -OCH3 is 1. The second kappa shape index (κ2) is 7.12. The highest BCUT2D eigenvalue weighted by atomic mass is 16.5. The molecule has 0 N–H and O–H groups in total. The van der Waals surface area contributed by atoms with Crippen LogP contribution >= 0.6 is 0 Å². The van der Waals surface area contributed by atoms with Crippen molar-refractivity contribution in [2.24, 2.45) is 0 Å². The highest BCUT2D eigenvalue weighted by molar-refractivity contribution is 5.94. The van der Waals surface area contributed by atoms with Crippen LogP contribution in [0.4, 0.5) is 0 Å². The van der Waals surface area contributed by atoms with Gasteiger partial charge in [0.05, 0.1) is 13.2 Å². The summed E-state index contributed by atoms with van der Waals surface area (Å²) in [5.41, 5.74) is 1.82. The summed E-state index contributed by atoms with van der Waals surface area (Å²) in [6.07, 6.45) is 0. The standard InChI is InChI=1S/C19H23NO2/c1-14(2)20(19(21)17-8-6-5-7-9-17)15(3)16-10-12-18(22-4)13-11-16/h5-15H,1-4H3. The quantitative estimate of drug-likeness (QED) is 0.823.